The first-order valence-corrected chi connectivity index (χ1v) is 21.8. The molecule has 14 heteroatoms. The molecule has 322 valence electrons. The van der Waals surface area contributed by atoms with Crippen LogP contribution in [0, 0.1) is 27.9 Å². The zero-order valence-corrected chi connectivity index (χ0v) is 35.9. The molecule has 0 aromatic heterocycles. The average Bonchev–Trinajstić information content (AvgIpc) is 3.23. The number of nitro groups is 1. The van der Waals surface area contributed by atoms with E-state index in [4.69, 9.17) is 28.9 Å². The van der Waals surface area contributed by atoms with Gasteiger partial charge in [-0.3, -0.25) is 10.1 Å². The molecular weight excluding hydrogens is 787 g/mol. The quantitative estimate of drug-likeness (QED) is 0.0412. The summed E-state index contributed by atoms with van der Waals surface area (Å²) in [6, 6.07) is 18.3. The maximum atomic E-state index is 14.2. The molecule has 60 heavy (non-hydrogen) atoms. The number of hydrogen-bond acceptors (Lipinski definition) is 12. The van der Waals surface area contributed by atoms with Gasteiger partial charge in [0.25, 0.3) is 5.69 Å². The first-order valence-electron chi connectivity index (χ1n) is 20.6. The minimum absolute atomic E-state index is 0.0235. The fourth-order valence-electron chi connectivity index (χ4n) is 8.70. The molecule has 13 nitrogen and oxygen atoms in total. The number of non-ortho nitro benzene ring substituents is 1. The van der Waals surface area contributed by atoms with E-state index in [9.17, 15) is 25.1 Å². The van der Waals surface area contributed by atoms with Crippen molar-refractivity contribution < 1.29 is 43.7 Å². The van der Waals surface area contributed by atoms with Crippen LogP contribution < -0.4 is 14.2 Å². The highest BCUT2D eigenvalue weighted by Crippen LogP contribution is 2.62. The molecule has 0 bridgehead atoms. The molecule has 0 spiro atoms. The van der Waals surface area contributed by atoms with E-state index in [0.29, 0.717) is 35.8 Å². The van der Waals surface area contributed by atoms with Gasteiger partial charge in [0.2, 0.25) is 5.79 Å². The third-order valence-electron chi connectivity index (χ3n) is 11.4. The minimum Gasteiger partial charge on any atom is -0.459 e. The number of oxime groups is 1. The highest BCUT2D eigenvalue weighted by Gasteiger charge is 2.65. The number of allylic oxidation sites excluding steroid dienone is 1. The second-order valence-corrected chi connectivity index (χ2v) is 17.4. The summed E-state index contributed by atoms with van der Waals surface area (Å²) in [7, 11) is 1.63. The van der Waals surface area contributed by atoms with E-state index < -0.39 is 34.4 Å². The summed E-state index contributed by atoms with van der Waals surface area (Å²) in [5.41, 5.74) is 1.71. The molecule has 2 aliphatic carbocycles. The van der Waals surface area contributed by atoms with Crippen molar-refractivity contribution in [1.82, 2.24) is 4.90 Å². The lowest BCUT2D eigenvalue weighted by atomic mass is 9.55. The lowest BCUT2D eigenvalue weighted by molar-refractivity contribution is -0.384. The first-order chi connectivity index (χ1) is 28.8. The smallest absolute Gasteiger partial charge is 0.415 e. The van der Waals surface area contributed by atoms with Gasteiger partial charge in [-0.05, 0) is 125 Å². The number of aliphatic hydroxyl groups excluding tert-OH is 2. The van der Waals surface area contributed by atoms with Crippen LogP contribution in [0.1, 0.15) is 77.2 Å². The van der Waals surface area contributed by atoms with E-state index >= 15 is 0 Å². The Labute approximate surface area is 356 Å². The largest absolute Gasteiger partial charge is 0.459 e. The van der Waals surface area contributed by atoms with Crippen molar-refractivity contribution >= 4 is 29.3 Å². The van der Waals surface area contributed by atoms with E-state index in [2.05, 4.69) is 12.7 Å². The van der Waals surface area contributed by atoms with Gasteiger partial charge < -0.3 is 38.9 Å². The highest BCUT2D eigenvalue weighted by atomic mass is 32.2. The number of rotatable bonds is 18. The van der Waals surface area contributed by atoms with Gasteiger partial charge in [-0.2, -0.15) is 0 Å². The zero-order valence-electron chi connectivity index (χ0n) is 35.1. The van der Waals surface area contributed by atoms with Crippen molar-refractivity contribution in [2.75, 3.05) is 33.1 Å². The Morgan fingerprint density at radius 1 is 1.02 bits per heavy atom. The minimum atomic E-state index is -1.48. The van der Waals surface area contributed by atoms with Gasteiger partial charge in [0, 0.05) is 55.2 Å². The molecule has 3 aromatic carbocycles. The van der Waals surface area contributed by atoms with Gasteiger partial charge in [-0.25, -0.2) is 4.79 Å². The molecule has 1 aliphatic heterocycles. The molecule has 0 radical (unpaired) electrons. The lowest BCUT2D eigenvalue weighted by Gasteiger charge is -2.59. The third kappa shape index (κ3) is 10.00. The van der Waals surface area contributed by atoms with Crippen LogP contribution >= 0.6 is 11.8 Å². The zero-order chi connectivity index (χ0) is 43.0. The van der Waals surface area contributed by atoms with Gasteiger partial charge >= 0.3 is 6.09 Å². The number of nitro benzene ring substituents is 1. The second kappa shape index (κ2) is 19.7. The van der Waals surface area contributed by atoms with E-state index in [1.807, 2.05) is 69.5 Å². The number of carbonyl (C=O) groups excluding carboxylic acids is 1. The monoisotopic (exact) mass is 843 g/mol. The molecule has 1 fully saturated rings. The Morgan fingerprint density at radius 2 is 1.68 bits per heavy atom. The number of carbonyl (C=O) groups is 1. The van der Waals surface area contributed by atoms with E-state index in [0.717, 1.165) is 41.7 Å². The summed E-state index contributed by atoms with van der Waals surface area (Å²) in [4.78, 5) is 33.8. The molecule has 6 atom stereocenters. The summed E-state index contributed by atoms with van der Waals surface area (Å²) in [6.07, 6.45) is 9.89. The Balaban J connectivity index is 1.54. The first kappa shape index (κ1) is 44.7. The molecule has 1 amide bonds. The van der Waals surface area contributed by atoms with Crippen LogP contribution in [0.15, 0.2) is 101 Å². The van der Waals surface area contributed by atoms with E-state index in [-0.39, 0.29) is 55.4 Å². The molecule has 1 heterocycles. The van der Waals surface area contributed by atoms with Crippen LogP contribution in [-0.4, -0.2) is 82.4 Å². The number of hydrogen-bond donors (Lipinski definition) is 2. The molecule has 3 aromatic rings. The molecule has 0 saturated heterocycles. The molecule has 3 aliphatic rings. The van der Waals surface area contributed by atoms with Gasteiger partial charge in [-0.15, -0.1) is 18.3 Å². The van der Waals surface area contributed by atoms with Crippen LogP contribution in [0.5, 0.6) is 23.0 Å². The van der Waals surface area contributed by atoms with Crippen molar-refractivity contribution in [3.05, 3.63) is 107 Å². The van der Waals surface area contributed by atoms with Crippen molar-refractivity contribution in [2.45, 2.75) is 94.0 Å². The fraction of sp³-hybridized carbons (Fsp3) is 0.478. The highest BCUT2D eigenvalue weighted by molar-refractivity contribution is 7.98. The number of likely N-dealkylation sites (N-methyl/N-ethyl adjacent to an activating group) is 1. The number of fused-ring (bicyclic) bond motifs is 2. The van der Waals surface area contributed by atoms with Crippen LogP contribution in [0.4, 0.5) is 10.5 Å². The number of amides is 1. The number of nitrogens with zero attached hydrogens (tertiary/aromatic N) is 3. The van der Waals surface area contributed by atoms with Crippen molar-refractivity contribution in [2.24, 2.45) is 22.9 Å². The predicted octanol–water partition coefficient (Wildman–Crippen LogP) is 9.67. The number of thioether (sulfide) groups is 1. The summed E-state index contributed by atoms with van der Waals surface area (Å²) in [5.74, 6) is -0.129. The van der Waals surface area contributed by atoms with Crippen molar-refractivity contribution in [1.29, 1.82) is 0 Å². The lowest BCUT2D eigenvalue weighted by Crippen LogP contribution is -2.69. The maximum absolute atomic E-state index is 14.2. The van der Waals surface area contributed by atoms with Gasteiger partial charge in [0.1, 0.15) is 34.6 Å². The van der Waals surface area contributed by atoms with Crippen molar-refractivity contribution in [3.8, 4) is 23.0 Å². The van der Waals surface area contributed by atoms with Gasteiger partial charge in [-0.1, -0.05) is 30.1 Å². The number of ether oxygens (including phenoxy) is 4. The standard InChI is InChI=1S/C46H57N3O10S/c1-7-26-55-46-41(48(5)44(52)57-33-16-14-31(15-17-33)49(53)54)29-39(47-59-45(2,3)4)37-27-30(12-8-10-24-50)36(13-9-11-25-51)42(43(37)46)38-28-34(20-23-40(38)58-46)56-32-18-21-35(60-6)22-19-32/h7,14-23,27-28,30,36,41-43,50-51H,1,8-13,24-26,29H2,2-6H3. The number of benzene rings is 3. The molecular formula is C46H57N3O10S. The Hall–Kier alpha value is -4.89. The van der Waals surface area contributed by atoms with Crippen molar-refractivity contribution in [3.63, 3.8) is 0 Å². The number of unbranched alkanes of at least 4 members (excludes halogenated alkanes) is 2. The summed E-state index contributed by atoms with van der Waals surface area (Å²) >= 11 is 1.66. The molecule has 2 N–H and O–H groups in total. The summed E-state index contributed by atoms with van der Waals surface area (Å²) < 4.78 is 26.5. The predicted molar refractivity (Wildman–Crippen MR) is 231 cm³/mol. The van der Waals surface area contributed by atoms with Gasteiger partial charge in [0.15, 0.2) is 0 Å². The van der Waals surface area contributed by atoms with Crippen LogP contribution in [0.25, 0.3) is 0 Å². The topological polar surface area (TPSA) is 162 Å². The average molecular weight is 844 g/mol. The maximum Gasteiger partial charge on any atom is 0.415 e. The molecule has 6 unspecified atom stereocenters. The van der Waals surface area contributed by atoms with Crippen LogP contribution in [0.2, 0.25) is 0 Å². The molecule has 6 rings (SSSR count). The second-order valence-electron chi connectivity index (χ2n) is 16.5. The van der Waals surface area contributed by atoms with Gasteiger partial charge in [0.05, 0.1) is 23.2 Å². The van der Waals surface area contributed by atoms with E-state index in [1.54, 1.807) is 24.9 Å². The van der Waals surface area contributed by atoms with Crippen LogP contribution in [0.3, 0.4) is 0 Å². The fourth-order valence-corrected chi connectivity index (χ4v) is 9.11. The Morgan fingerprint density at radius 3 is 2.32 bits per heavy atom. The number of aliphatic hydroxyl groups is 2. The SMILES string of the molecule is C=CCOC12Oc3ccc(Oc4ccc(SC)cc4)cc3C3C(CCCCO)C(CCCCO)C=C(C(=NOC(C)(C)C)CC1N(C)C(=O)Oc1ccc([N+](=O)[O-])cc1)C32. The Kier molecular flexibility index (Phi) is 14.6. The summed E-state index contributed by atoms with van der Waals surface area (Å²) in [6.45, 7) is 10.0. The molecule has 1 saturated carbocycles. The van der Waals surface area contributed by atoms with Crippen LogP contribution in [-0.2, 0) is 9.57 Å². The normalized spacial score (nSPS) is 23.7. The Bertz CT molecular complexity index is 2030. The summed E-state index contributed by atoms with van der Waals surface area (Å²) in [5, 5.41) is 35.9. The van der Waals surface area contributed by atoms with E-state index in [1.165, 1.54) is 29.2 Å². The third-order valence-corrected chi connectivity index (χ3v) is 12.1.